The van der Waals surface area contributed by atoms with Crippen LogP contribution in [0.5, 0.6) is 0 Å². The lowest BCUT2D eigenvalue weighted by molar-refractivity contribution is -0.137. The SMILES string of the molecule is CC(C)(N)C(=O)N1CCN(C(=O)Nc2ccn(-c3ccc4c(c3)CC(N3CC(N)C3)CC4)c(=O)n2)CC1. The lowest BCUT2D eigenvalue weighted by Crippen LogP contribution is -2.60. The first-order chi connectivity index (χ1) is 17.6. The number of fused-ring (bicyclic) bond motifs is 1. The summed E-state index contributed by atoms with van der Waals surface area (Å²) in [7, 11) is 0. The monoisotopic (exact) mass is 508 g/mol. The molecule has 5 N–H and O–H groups in total. The van der Waals surface area contributed by atoms with E-state index in [1.54, 1.807) is 35.9 Å². The number of rotatable bonds is 4. The van der Waals surface area contributed by atoms with Crippen molar-refractivity contribution >= 4 is 17.8 Å². The number of aromatic nitrogens is 2. The smallest absolute Gasteiger partial charge is 0.338 e. The average Bonchev–Trinajstić information content (AvgIpc) is 2.85. The quantitative estimate of drug-likeness (QED) is 0.533. The molecule has 1 unspecified atom stereocenters. The summed E-state index contributed by atoms with van der Waals surface area (Å²) in [5, 5.41) is 2.71. The molecule has 0 saturated carbocycles. The Hall–Kier alpha value is -3.28. The molecule has 1 atom stereocenters. The van der Waals surface area contributed by atoms with Gasteiger partial charge in [0.25, 0.3) is 0 Å². The van der Waals surface area contributed by atoms with Gasteiger partial charge < -0.3 is 21.3 Å². The van der Waals surface area contributed by atoms with E-state index in [2.05, 4.69) is 27.3 Å². The van der Waals surface area contributed by atoms with Gasteiger partial charge in [0.15, 0.2) is 0 Å². The highest BCUT2D eigenvalue weighted by Gasteiger charge is 2.33. The van der Waals surface area contributed by atoms with Crippen molar-refractivity contribution in [3.63, 3.8) is 0 Å². The molecule has 1 aromatic heterocycles. The maximum Gasteiger partial charge on any atom is 0.354 e. The number of likely N-dealkylation sites (tertiary alicyclic amines) is 1. The molecular weight excluding hydrogens is 472 g/mol. The Morgan fingerprint density at radius 3 is 2.41 bits per heavy atom. The maximum atomic E-state index is 12.9. The largest absolute Gasteiger partial charge is 0.354 e. The van der Waals surface area contributed by atoms with Crippen molar-refractivity contribution in [2.75, 3.05) is 44.6 Å². The Labute approximate surface area is 216 Å². The van der Waals surface area contributed by atoms with E-state index in [4.69, 9.17) is 11.5 Å². The van der Waals surface area contributed by atoms with Gasteiger partial charge in [-0.15, -0.1) is 0 Å². The Balaban J connectivity index is 1.22. The van der Waals surface area contributed by atoms with Crippen LogP contribution < -0.4 is 22.5 Å². The van der Waals surface area contributed by atoms with Crippen molar-refractivity contribution in [1.82, 2.24) is 24.3 Å². The molecule has 198 valence electrons. The molecule has 11 nitrogen and oxygen atoms in total. The van der Waals surface area contributed by atoms with Gasteiger partial charge in [0.1, 0.15) is 5.82 Å². The van der Waals surface area contributed by atoms with Crippen LogP contribution in [0.4, 0.5) is 10.6 Å². The van der Waals surface area contributed by atoms with Gasteiger partial charge >= 0.3 is 11.7 Å². The molecule has 37 heavy (non-hydrogen) atoms. The predicted octanol–water partition coefficient (Wildman–Crippen LogP) is 0.146. The van der Waals surface area contributed by atoms with Crippen LogP contribution in [0.1, 0.15) is 31.4 Å². The maximum absolute atomic E-state index is 12.9. The second-order valence-corrected chi connectivity index (χ2v) is 11.0. The minimum absolute atomic E-state index is 0.139. The van der Waals surface area contributed by atoms with Crippen LogP contribution in [0, 0.1) is 0 Å². The van der Waals surface area contributed by atoms with Gasteiger partial charge in [-0.3, -0.25) is 19.6 Å². The summed E-state index contributed by atoms with van der Waals surface area (Å²) >= 11 is 0. The summed E-state index contributed by atoms with van der Waals surface area (Å²) in [6.07, 6.45) is 4.75. The molecule has 0 radical (unpaired) electrons. The first-order valence-electron chi connectivity index (χ1n) is 12.9. The number of hydrogen-bond donors (Lipinski definition) is 3. The van der Waals surface area contributed by atoms with Crippen LogP contribution in [0.15, 0.2) is 35.3 Å². The molecule has 3 amide bonds. The third-order valence-electron chi connectivity index (χ3n) is 7.57. The van der Waals surface area contributed by atoms with E-state index >= 15 is 0 Å². The number of aryl methyl sites for hydroxylation is 1. The normalized spacial score (nSPS) is 20.8. The minimum Gasteiger partial charge on any atom is -0.338 e. The Kier molecular flexibility index (Phi) is 6.78. The van der Waals surface area contributed by atoms with Crippen molar-refractivity contribution in [2.24, 2.45) is 11.5 Å². The summed E-state index contributed by atoms with van der Waals surface area (Å²) in [6.45, 7) is 6.83. The molecule has 0 bridgehead atoms. The van der Waals surface area contributed by atoms with Gasteiger partial charge in [0.2, 0.25) is 5.91 Å². The third-order valence-corrected chi connectivity index (χ3v) is 7.57. The molecule has 0 spiro atoms. The third kappa shape index (κ3) is 5.39. The van der Waals surface area contributed by atoms with E-state index in [9.17, 15) is 14.4 Å². The van der Waals surface area contributed by atoms with E-state index < -0.39 is 11.2 Å². The van der Waals surface area contributed by atoms with E-state index in [0.717, 1.165) is 38.0 Å². The summed E-state index contributed by atoms with van der Waals surface area (Å²) < 4.78 is 1.50. The Morgan fingerprint density at radius 2 is 1.76 bits per heavy atom. The molecule has 2 aliphatic heterocycles. The van der Waals surface area contributed by atoms with Crippen LogP contribution in [0.3, 0.4) is 0 Å². The number of nitrogens with two attached hydrogens (primary N) is 2. The average molecular weight is 509 g/mol. The number of piperazine rings is 1. The molecule has 3 aliphatic rings. The van der Waals surface area contributed by atoms with Gasteiger partial charge in [-0.25, -0.2) is 9.59 Å². The van der Waals surface area contributed by atoms with Gasteiger partial charge in [-0.2, -0.15) is 4.98 Å². The van der Waals surface area contributed by atoms with Crippen molar-refractivity contribution in [3.8, 4) is 5.69 Å². The molecule has 11 heteroatoms. The molecule has 2 fully saturated rings. The van der Waals surface area contributed by atoms with Crippen LogP contribution in [0.25, 0.3) is 5.69 Å². The molecular formula is C26H36N8O3. The lowest BCUT2D eigenvalue weighted by atomic mass is 9.85. The highest BCUT2D eigenvalue weighted by Crippen LogP contribution is 2.28. The van der Waals surface area contributed by atoms with Crippen LogP contribution in [-0.2, 0) is 17.6 Å². The first-order valence-corrected chi connectivity index (χ1v) is 12.9. The predicted molar refractivity (Wildman–Crippen MR) is 141 cm³/mol. The number of benzene rings is 1. The minimum atomic E-state index is -0.944. The standard InChI is InChI=1S/C26H36N8O3/c1-26(2,28)23(35)31-9-11-32(12-10-31)24(36)29-22-7-8-34(25(37)30-22)21-6-4-17-3-5-20(13-18(17)14-21)33-15-19(27)16-33/h4,6-8,14,19-20H,3,5,9-13,15-16,27-28H2,1-2H3,(H,29,30,36,37). The van der Waals surface area contributed by atoms with Crippen molar-refractivity contribution < 1.29 is 9.59 Å². The van der Waals surface area contributed by atoms with E-state index in [0.29, 0.717) is 32.2 Å². The van der Waals surface area contributed by atoms with E-state index in [1.807, 2.05) is 6.07 Å². The number of anilines is 1. The molecule has 2 aromatic rings. The second-order valence-electron chi connectivity index (χ2n) is 11.0. The fourth-order valence-electron chi connectivity index (χ4n) is 5.41. The zero-order valence-electron chi connectivity index (χ0n) is 21.5. The number of carbonyl (C=O) groups is 2. The second kappa shape index (κ2) is 9.88. The first kappa shape index (κ1) is 25.4. The highest BCUT2D eigenvalue weighted by atomic mass is 16.2. The molecule has 1 aliphatic carbocycles. The summed E-state index contributed by atoms with van der Waals surface area (Å²) in [5.41, 5.74) is 13.8. The van der Waals surface area contributed by atoms with Crippen molar-refractivity contribution in [3.05, 3.63) is 52.1 Å². The van der Waals surface area contributed by atoms with Crippen LogP contribution in [0.2, 0.25) is 0 Å². The van der Waals surface area contributed by atoms with Gasteiger partial charge in [0.05, 0.1) is 11.2 Å². The number of nitrogens with zero attached hydrogens (tertiary/aromatic N) is 5. The number of urea groups is 1. The van der Waals surface area contributed by atoms with Crippen LogP contribution >= 0.6 is 0 Å². The molecule has 5 rings (SSSR count). The fraction of sp³-hybridized carbons (Fsp3) is 0.538. The molecule has 1 aromatic carbocycles. The number of carbonyl (C=O) groups excluding carboxylic acids is 2. The van der Waals surface area contributed by atoms with Gasteiger partial charge in [-0.05, 0) is 62.4 Å². The Morgan fingerprint density at radius 1 is 1.05 bits per heavy atom. The van der Waals surface area contributed by atoms with Crippen molar-refractivity contribution in [1.29, 1.82) is 0 Å². The van der Waals surface area contributed by atoms with Gasteiger partial charge in [0, 0.05) is 57.5 Å². The highest BCUT2D eigenvalue weighted by molar-refractivity contribution is 5.89. The Bertz CT molecular complexity index is 1240. The lowest BCUT2D eigenvalue weighted by Gasteiger charge is -2.44. The topological polar surface area (TPSA) is 143 Å². The van der Waals surface area contributed by atoms with Crippen LogP contribution in [-0.4, -0.2) is 93.1 Å². The zero-order chi connectivity index (χ0) is 26.3. The van der Waals surface area contributed by atoms with Gasteiger partial charge in [-0.1, -0.05) is 6.07 Å². The number of hydrogen-bond acceptors (Lipinski definition) is 7. The number of nitrogens with one attached hydrogen (secondary N) is 1. The molecule has 2 saturated heterocycles. The number of amides is 3. The van der Waals surface area contributed by atoms with Crippen molar-refractivity contribution in [2.45, 2.75) is 50.7 Å². The zero-order valence-corrected chi connectivity index (χ0v) is 21.5. The molecule has 3 heterocycles. The van der Waals surface area contributed by atoms with E-state index in [1.165, 1.54) is 15.7 Å². The van der Waals surface area contributed by atoms with E-state index in [-0.39, 0.29) is 23.8 Å². The summed E-state index contributed by atoms with van der Waals surface area (Å²) in [5.74, 6) is 0.0558. The fourth-order valence-corrected chi connectivity index (χ4v) is 5.41. The summed E-state index contributed by atoms with van der Waals surface area (Å²) in [6, 6.07) is 8.18. The summed E-state index contributed by atoms with van der Waals surface area (Å²) in [4.78, 5) is 47.7.